The third kappa shape index (κ3) is 4.28. The fraction of sp³-hybridized carbons (Fsp3) is 0.214. The Balaban J connectivity index is 1.68. The van der Waals surface area contributed by atoms with Crippen LogP contribution < -0.4 is 19.7 Å². The van der Waals surface area contributed by atoms with Crippen LogP contribution >= 0.6 is 11.8 Å². The average molecular weight is 502 g/mol. The van der Waals surface area contributed by atoms with Crippen LogP contribution in [0, 0.1) is 0 Å². The van der Waals surface area contributed by atoms with Gasteiger partial charge in [0.1, 0.15) is 17.5 Å². The number of aryl methyl sites for hydroxylation is 1. The van der Waals surface area contributed by atoms with Crippen molar-refractivity contribution in [2.45, 2.75) is 17.6 Å². The number of hydrogen-bond donors (Lipinski definition) is 1. The molecule has 5 rings (SSSR count). The molecule has 0 bridgehead atoms. The number of methoxy groups -OCH3 is 2. The van der Waals surface area contributed by atoms with Gasteiger partial charge in [0.15, 0.2) is 0 Å². The number of nitrogens with one attached hydrogen (secondary N) is 1. The molecule has 2 heterocycles. The third-order valence-corrected chi connectivity index (χ3v) is 7.55. The Bertz CT molecular complexity index is 1410. The molecular formula is C28H27N3O4S. The van der Waals surface area contributed by atoms with Crippen molar-refractivity contribution in [3.8, 4) is 11.5 Å². The number of nitrogens with zero attached hydrogens (tertiary/aromatic N) is 2. The first-order valence-electron chi connectivity index (χ1n) is 11.6. The second-order valence-electron chi connectivity index (χ2n) is 8.52. The lowest BCUT2D eigenvalue weighted by Crippen LogP contribution is -2.43. The Hall–Kier alpha value is -3.91. The number of carbonyl (C=O) groups excluding carboxylic acids is 2. The zero-order valence-corrected chi connectivity index (χ0v) is 21.2. The molecule has 4 aromatic rings. The van der Waals surface area contributed by atoms with Gasteiger partial charge in [0.2, 0.25) is 11.8 Å². The van der Waals surface area contributed by atoms with E-state index in [1.807, 2.05) is 61.6 Å². The summed E-state index contributed by atoms with van der Waals surface area (Å²) < 4.78 is 13.0. The lowest BCUT2D eigenvalue weighted by Gasteiger charge is -2.30. The maximum absolute atomic E-state index is 14.0. The van der Waals surface area contributed by atoms with Crippen molar-refractivity contribution in [2.75, 3.05) is 24.9 Å². The number of amides is 2. The van der Waals surface area contributed by atoms with E-state index in [9.17, 15) is 9.59 Å². The first-order valence-corrected chi connectivity index (χ1v) is 12.6. The summed E-state index contributed by atoms with van der Waals surface area (Å²) in [5.74, 6) is 0.843. The van der Waals surface area contributed by atoms with Gasteiger partial charge in [0.05, 0.1) is 30.7 Å². The Morgan fingerprint density at radius 3 is 2.36 bits per heavy atom. The molecule has 0 fully saturated rings. The molecule has 8 heteroatoms. The van der Waals surface area contributed by atoms with Gasteiger partial charge in [-0.3, -0.25) is 14.5 Å². The van der Waals surface area contributed by atoms with Crippen LogP contribution in [-0.4, -0.2) is 36.4 Å². The lowest BCUT2D eigenvalue weighted by molar-refractivity contribution is -0.125. The van der Waals surface area contributed by atoms with E-state index in [1.54, 1.807) is 37.3 Å². The van der Waals surface area contributed by atoms with Gasteiger partial charge >= 0.3 is 0 Å². The van der Waals surface area contributed by atoms with E-state index in [1.165, 1.54) is 11.8 Å². The summed E-state index contributed by atoms with van der Waals surface area (Å²) >= 11 is 1.45. The maximum Gasteiger partial charge on any atom is 0.248 e. The third-order valence-electron chi connectivity index (χ3n) is 6.40. The van der Waals surface area contributed by atoms with E-state index in [0.29, 0.717) is 23.7 Å². The summed E-state index contributed by atoms with van der Waals surface area (Å²) in [6.45, 7) is 0.354. The van der Waals surface area contributed by atoms with Crippen molar-refractivity contribution in [1.29, 1.82) is 0 Å². The van der Waals surface area contributed by atoms with Gasteiger partial charge in [-0.25, -0.2) is 0 Å². The van der Waals surface area contributed by atoms with Gasteiger partial charge < -0.3 is 19.4 Å². The van der Waals surface area contributed by atoms with Crippen LogP contribution in [0.1, 0.15) is 17.2 Å². The molecule has 1 aliphatic rings. The summed E-state index contributed by atoms with van der Waals surface area (Å²) in [7, 11) is 5.10. The standard InChI is InChI=1S/C28H27N3O4S/c1-30-23-12-8-7-11-22(23)25-26(27(33)29-16-18-9-5-4-6-10-18)31(24(32)17-36-28(25)30)19-13-20(34-2)15-21(14-19)35-3/h4-15,26H,16-17H2,1-3H3,(H,29,33). The van der Waals surface area contributed by atoms with E-state index in [0.717, 1.165) is 27.1 Å². The molecule has 36 heavy (non-hydrogen) atoms. The number of thioether (sulfide) groups is 1. The Kier molecular flexibility index (Phi) is 6.61. The van der Waals surface area contributed by atoms with E-state index in [4.69, 9.17) is 9.47 Å². The largest absolute Gasteiger partial charge is 0.497 e. The van der Waals surface area contributed by atoms with Crippen LogP contribution in [0.5, 0.6) is 11.5 Å². The Morgan fingerprint density at radius 2 is 1.67 bits per heavy atom. The first kappa shape index (κ1) is 23.8. The smallest absolute Gasteiger partial charge is 0.248 e. The van der Waals surface area contributed by atoms with E-state index >= 15 is 0 Å². The van der Waals surface area contributed by atoms with Crippen LogP contribution in [-0.2, 0) is 23.2 Å². The molecule has 1 unspecified atom stereocenters. The maximum atomic E-state index is 14.0. The van der Waals surface area contributed by atoms with Gasteiger partial charge in [-0.1, -0.05) is 60.3 Å². The molecule has 0 saturated carbocycles. The molecule has 0 radical (unpaired) electrons. The minimum absolute atomic E-state index is 0.171. The summed E-state index contributed by atoms with van der Waals surface area (Å²) in [6.07, 6.45) is 0. The molecule has 1 aliphatic heterocycles. The summed E-state index contributed by atoms with van der Waals surface area (Å²) in [4.78, 5) is 29.2. The number of anilines is 1. The number of hydrogen-bond acceptors (Lipinski definition) is 5. The second-order valence-corrected chi connectivity index (χ2v) is 9.49. The number of ether oxygens (including phenoxy) is 2. The predicted molar refractivity (Wildman–Crippen MR) is 142 cm³/mol. The van der Waals surface area contributed by atoms with Crippen molar-refractivity contribution >= 4 is 40.2 Å². The van der Waals surface area contributed by atoms with Crippen molar-refractivity contribution in [3.05, 3.63) is 83.9 Å². The summed E-state index contributed by atoms with van der Waals surface area (Å²) in [6, 6.07) is 22.1. The van der Waals surface area contributed by atoms with E-state index < -0.39 is 6.04 Å². The number of aromatic nitrogens is 1. The minimum atomic E-state index is -0.880. The van der Waals surface area contributed by atoms with Gasteiger partial charge in [-0.15, -0.1) is 0 Å². The van der Waals surface area contributed by atoms with Crippen LogP contribution in [0.4, 0.5) is 5.69 Å². The van der Waals surface area contributed by atoms with Crippen molar-refractivity contribution in [3.63, 3.8) is 0 Å². The Labute approximate surface area is 214 Å². The van der Waals surface area contributed by atoms with E-state index in [-0.39, 0.29) is 17.6 Å². The van der Waals surface area contributed by atoms with Crippen LogP contribution in [0.15, 0.2) is 77.8 Å². The molecule has 0 aliphatic carbocycles. The highest BCUT2D eigenvalue weighted by Crippen LogP contribution is 2.44. The normalized spacial score (nSPS) is 15.4. The van der Waals surface area contributed by atoms with Gasteiger partial charge in [0, 0.05) is 48.3 Å². The molecule has 2 amide bonds. The van der Waals surface area contributed by atoms with Crippen LogP contribution in [0.3, 0.4) is 0 Å². The van der Waals surface area contributed by atoms with Crippen molar-refractivity contribution in [1.82, 2.24) is 9.88 Å². The van der Waals surface area contributed by atoms with E-state index in [2.05, 4.69) is 9.88 Å². The first-order chi connectivity index (χ1) is 17.5. The summed E-state index contributed by atoms with van der Waals surface area (Å²) in [5.41, 5.74) is 3.34. The number of para-hydroxylation sites is 1. The number of fused-ring (bicyclic) bond motifs is 3. The molecule has 184 valence electrons. The predicted octanol–water partition coefficient (Wildman–Crippen LogP) is 4.69. The zero-order valence-electron chi connectivity index (χ0n) is 20.4. The van der Waals surface area contributed by atoms with Crippen LogP contribution in [0.2, 0.25) is 0 Å². The number of benzene rings is 3. The molecule has 1 atom stereocenters. The SMILES string of the molecule is COc1cc(OC)cc(N2C(=O)CSc3c(c4ccccc4n3C)C2C(=O)NCc2ccccc2)c1. The quantitative estimate of drug-likeness (QED) is 0.415. The fourth-order valence-corrected chi connectivity index (χ4v) is 5.73. The molecule has 3 aromatic carbocycles. The minimum Gasteiger partial charge on any atom is -0.497 e. The van der Waals surface area contributed by atoms with Gasteiger partial charge in [0.25, 0.3) is 0 Å². The number of carbonyl (C=O) groups is 2. The molecule has 7 nitrogen and oxygen atoms in total. The Morgan fingerprint density at radius 1 is 1.00 bits per heavy atom. The fourth-order valence-electron chi connectivity index (χ4n) is 4.67. The lowest BCUT2D eigenvalue weighted by atomic mass is 10.0. The molecule has 0 spiro atoms. The van der Waals surface area contributed by atoms with Crippen molar-refractivity contribution in [2.24, 2.45) is 7.05 Å². The highest BCUT2D eigenvalue weighted by molar-refractivity contribution is 8.00. The highest BCUT2D eigenvalue weighted by atomic mass is 32.2. The van der Waals surface area contributed by atoms with Crippen molar-refractivity contribution < 1.29 is 19.1 Å². The van der Waals surface area contributed by atoms with Crippen LogP contribution in [0.25, 0.3) is 10.9 Å². The second kappa shape index (κ2) is 9.99. The summed E-state index contributed by atoms with van der Waals surface area (Å²) in [5, 5.41) is 4.92. The molecule has 1 aromatic heterocycles. The topological polar surface area (TPSA) is 72.8 Å². The monoisotopic (exact) mass is 501 g/mol. The average Bonchev–Trinajstić information content (AvgIpc) is 3.09. The highest BCUT2D eigenvalue weighted by Gasteiger charge is 2.40. The molecule has 1 N–H and O–H groups in total. The van der Waals surface area contributed by atoms with Gasteiger partial charge in [-0.05, 0) is 11.6 Å². The zero-order chi connectivity index (χ0) is 25.2. The molecular weight excluding hydrogens is 474 g/mol. The molecule has 0 saturated heterocycles. The van der Waals surface area contributed by atoms with Gasteiger partial charge in [-0.2, -0.15) is 0 Å². The number of rotatable bonds is 6.